The first-order chi connectivity index (χ1) is 13.3. The molecule has 0 spiro atoms. The van der Waals surface area contributed by atoms with Gasteiger partial charge in [-0.3, -0.25) is 0 Å². The van der Waals surface area contributed by atoms with E-state index < -0.39 is 0 Å². The number of nitrogens with zero attached hydrogens (tertiary/aromatic N) is 1. The van der Waals surface area contributed by atoms with E-state index in [1.165, 1.54) is 54.7 Å². The normalized spacial score (nSPS) is 14.9. The highest BCUT2D eigenvalue weighted by molar-refractivity contribution is 5.81. The van der Waals surface area contributed by atoms with Crippen molar-refractivity contribution in [2.24, 2.45) is 0 Å². The fraction of sp³-hybridized carbons (Fsp3) is 0.360. The summed E-state index contributed by atoms with van der Waals surface area (Å²) in [6.45, 7) is 9.21. The minimum absolute atomic E-state index is 0.781. The molecule has 0 radical (unpaired) electrons. The van der Waals surface area contributed by atoms with E-state index in [1.807, 2.05) is 6.08 Å². The van der Waals surface area contributed by atoms with Gasteiger partial charge in [0.1, 0.15) is 5.75 Å². The molecule has 2 nitrogen and oxygen atoms in total. The molecule has 0 amide bonds. The van der Waals surface area contributed by atoms with E-state index in [0.717, 1.165) is 25.2 Å². The molecule has 2 aromatic rings. The zero-order chi connectivity index (χ0) is 18.9. The predicted molar refractivity (Wildman–Crippen MR) is 117 cm³/mol. The van der Waals surface area contributed by atoms with Crippen molar-refractivity contribution >= 4 is 11.3 Å². The molecule has 2 heteroatoms. The summed E-state index contributed by atoms with van der Waals surface area (Å²) in [5.41, 5.74) is 4.92. The number of ether oxygens (including phenoxy) is 1. The van der Waals surface area contributed by atoms with Crippen LogP contribution in [-0.4, -0.2) is 19.7 Å². The number of piperidine rings is 1. The maximum absolute atomic E-state index is 5.78. The maximum atomic E-state index is 5.78. The molecular weight excluding hydrogens is 330 g/mol. The number of allylic oxidation sites excluding steroid dienone is 2. The lowest BCUT2D eigenvalue weighted by Gasteiger charge is -2.29. The molecule has 0 saturated carbocycles. The Bertz CT molecular complexity index is 737. The van der Waals surface area contributed by atoms with Crippen molar-refractivity contribution in [2.75, 3.05) is 24.6 Å². The number of rotatable bonds is 8. The third-order valence-electron chi connectivity index (χ3n) is 5.12. The molecule has 27 heavy (non-hydrogen) atoms. The number of hydrogen-bond acceptors (Lipinski definition) is 2. The van der Waals surface area contributed by atoms with E-state index >= 15 is 0 Å². The molecule has 1 heterocycles. The second-order valence-electron chi connectivity index (χ2n) is 7.14. The minimum Gasteiger partial charge on any atom is -0.494 e. The highest BCUT2D eigenvalue weighted by Gasteiger charge is 2.11. The topological polar surface area (TPSA) is 12.5 Å². The SMILES string of the molecule is C=CC=C(c1ccc(OCCCC)cc1)c1ccc(N2CCCCC2)cc1. The molecule has 0 aromatic heterocycles. The molecule has 1 saturated heterocycles. The van der Waals surface area contributed by atoms with Crippen LogP contribution in [0.15, 0.2) is 67.3 Å². The Morgan fingerprint density at radius 2 is 1.59 bits per heavy atom. The standard InChI is InChI=1S/C25H31NO/c1-3-5-20-27-24-16-12-22(13-17-24)25(9-4-2)21-10-14-23(15-11-21)26-18-7-6-8-19-26/h4,9-17H,2-3,5-8,18-20H2,1H3. The molecule has 3 rings (SSSR count). The average molecular weight is 362 g/mol. The van der Waals surface area contributed by atoms with Gasteiger partial charge in [0.15, 0.2) is 0 Å². The van der Waals surface area contributed by atoms with Crippen molar-refractivity contribution < 1.29 is 4.74 Å². The van der Waals surface area contributed by atoms with Gasteiger partial charge >= 0.3 is 0 Å². The van der Waals surface area contributed by atoms with Gasteiger partial charge in [-0.25, -0.2) is 0 Å². The second-order valence-corrected chi connectivity index (χ2v) is 7.14. The zero-order valence-corrected chi connectivity index (χ0v) is 16.5. The maximum Gasteiger partial charge on any atom is 0.119 e. The zero-order valence-electron chi connectivity index (χ0n) is 16.5. The van der Waals surface area contributed by atoms with E-state index in [0.29, 0.717) is 0 Å². The first kappa shape index (κ1) is 19.3. The van der Waals surface area contributed by atoms with Crippen molar-refractivity contribution in [3.8, 4) is 5.75 Å². The van der Waals surface area contributed by atoms with Crippen LogP contribution in [-0.2, 0) is 0 Å². The quantitative estimate of drug-likeness (QED) is 0.394. The van der Waals surface area contributed by atoms with Crippen LogP contribution in [0.1, 0.15) is 50.2 Å². The van der Waals surface area contributed by atoms with Gasteiger partial charge in [0.05, 0.1) is 6.61 Å². The van der Waals surface area contributed by atoms with Crippen molar-refractivity contribution in [1.29, 1.82) is 0 Å². The number of hydrogen-bond donors (Lipinski definition) is 0. The number of benzene rings is 2. The van der Waals surface area contributed by atoms with Crippen LogP contribution in [0.25, 0.3) is 5.57 Å². The summed E-state index contributed by atoms with van der Waals surface area (Å²) in [6, 6.07) is 17.3. The summed E-state index contributed by atoms with van der Waals surface area (Å²) < 4.78 is 5.78. The highest BCUT2D eigenvalue weighted by atomic mass is 16.5. The summed E-state index contributed by atoms with van der Waals surface area (Å²) in [5.74, 6) is 0.936. The van der Waals surface area contributed by atoms with E-state index in [4.69, 9.17) is 4.74 Å². The van der Waals surface area contributed by atoms with Crippen molar-refractivity contribution in [3.63, 3.8) is 0 Å². The van der Waals surface area contributed by atoms with Crippen molar-refractivity contribution in [2.45, 2.75) is 39.0 Å². The summed E-state index contributed by atoms with van der Waals surface area (Å²) in [6.07, 6.45) is 10.2. The summed E-state index contributed by atoms with van der Waals surface area (Å²) >= 11 is 0. The van der Waals surface area contributed by atoms with Gasteiger partial charge in [0.25, 0.3) is 0 Å². The Morgan fingerprint density at radius 3 is 2.19 bits per heavy atom. The lowest BCUT2D eigenvalue weighted by molar-refractivity contribution is 0.309. The summed E-state index contributed by atoms with van der Waals surface area (Å²) in [5, 5.41) is 0. The molecule has 0 bridgehead atoms. The van der Waals surface area contributed by atoms with E-state index in [1.54, 1.807) is 0 Å². The molecule has 0 N–H and O–H groups in total. The van der Waals surface area contributed by atoms with Crippen LogP contribution in [0.5, 0.6) is 5.75 Å². The largest absolute Gasteiger partial charge is 0.494 e. The predicted octanol–water partition coefficient (Wildman–Crippen LogP) is 6.47. The lowest BCUT2D eigenvalue weighted by Crippen LogP contribution is -2.29. The third kappa shape index (κ3) is 5.26. The monoisotopic (exact) mass is 361 g/mol. The van der Waals surface area contributed by atoms with E-state index in [9.17, 15) is 0 Å². The third-order valence-corrected chi connectivity index (χ3v) is 5.12. The molecular formula is C25H31NO. The van der Waals surface area contributed by atoms with Gasteiger partial charge in [-0.2, -0.15) is 0 Å². The van der Waals surface area contributed by atoms with Crippen molar-refractivity contribution in [3.05, 3.63) is 78.4 Å². The van der Waals surface area contributed by atoms with Crippen LogP contribution in [0.2, 0.25) is 0 Å². The number of unbranched alkanes of at least 4 members (excludes halogenated alkanes) is 1. The fourth-order valence-corrected chi connectivity index (χ4v) is 3.55. The Labute approximate surface area is 164 Å². The average Bonchev–Trinajstić information content (AvgIpc) is 2.74. The lowest BCUT2D eigenvalue weighted by atomic mass is 9.97. The minimum atomic E-state index is 0.781. The molecule has 0 aliphatic carbocycles. The van der Waals surface area contributed by atoms with Gasteiger partial charge in [-0.05, 0) is 66.6 Å². The first-order valence-corrected chi connectivity index (χ1v) is 10.2. The molecule has 0 atom stereocenters. The van der Waals surface area contributed by atoms with Crippen LogP contribution < -0.4 is 9.64 Å². The summed E-state index contributed by atoms with van der Waals surface area (Å²) in [4.78, 5) is 2.49. The van der Waals surface area contributed by atoms with E-state index in [2.05, 4.69) is 73.0 Å². The molecule has 0 unspecified atom stereocenters. The smallest absolute Gasteiger partial charge is 0.119 e. The summed E-state index contributed by atoms with van der Waals surface area (Å²) in [7, 11) is 0. The first-order valence-electron chi connectivity index (χ1n) is 10.2. The van der Waals surface area contributed by atoms with Gasteiger partial charge < -0.3 is 9.64 Å². The Hall–Kier alpha value is -2.48. The Morgan fingerprint density at radius 1 is 0.963 bits per heavy atom. The number of anilines is 1. The van der Waals surface area contributed by atoms with Gasteiger partial charge in [-0.15, -0.1) is 0 Å². The van der Waals surface area contributed by atoms with Crippen LogP contribution in [0.4, 0.5) is 5.69 Å². The van der Waals surface area contributed by atoms with Crippen LogP contribution in [0, 0.1) is 0 Å². The molecule has 1 fully saturated rings. The van der Waals surface area contributed by atoms with Gasteiger partial charge in [-0.1, -0.05) is 56.3 Å². The molecule has 1 aliphatic rings. The van der Waals surface area contributed by atoms with Crippen LogP contribution in [0.3, 0.4) is 0 Å². The van der Waals surface area contributed by atoms with E-state index in [-0.39, 0.29) is 0 Å². The second kappa shape index (κ2) is 10.0. The Kier molecular flexibility index (Phi) is 7.15. The fourth-order valence-electron chi connectivity index (χ4n) is 3.55. The van der Waals surface area contributed by atoms with Gasteiger partial charge in [0, 0.05) is 18.8 Å². The highest BCUT2D eigenvalue weighted by Crippen LogP contribution is 2.28. The van der Waals surface area contributed by atoms with Gasteiger partial charge in [0.2, 0.25) is 0 Å². The molecule has 142 valence electrons. The molecule has 1 aliphatic heterocycles. The van der Waals surface area contributed by atoms with Crippen molar-refractivity contribution in [1.82, 2.24) is 0 Å². The Balaban J connectivity index is 1.75. The van der Waals surface area contributed by atoms with Crippen LogP contribution >= 0.6 is 0 Å². The molecule has 2 aromatic carbocycles.